The minimum absolute atomic E-state index is 0.0671. The summed E-state index contributed by atoms with van der Waals surface area (Å²) in [5.74, 6) is 0. The van der Waals surface area contributed by atoms with Gasteiger partial charge in [-0.1, -0.05) is 242 Å². The van der Waals surface area contributed by atoms with Crippen molar-refractivity contribution in [3.05, 3.63) is 289 Å². The number of hydrogen-bond donors (Lipinski definition) is 0. The summed E-state index contributed by atoms with van der Waals surface area (Å²) in [6.45, 7) is 7.80. The van der Waals surface area contributed by atoms with E-state index in [-0.39, 0.29) is 44.5 Å². The molecule has 0 aliphatic rings. The first-order valence-electron chi connectivity index (χ1n) is 35.5. The minimum Gasteiger partial charge on any atom is -0.308 e. The number of benzene rings is 14. The zero-order valence-electron chi connectivity index (χ0n) is 62.8. The largest absolute Gasteiger partial charge is 0.308 e. The summed E-state index contributed by atoms with van der Waals surface area (Å²) in [6.07, 6.45) is 0. The van der Waals surface area contributed by atoms with Crippen molar-refractivity contribution in [1.29, 1.82) is 0 Å². The Bertz CT molecular complexity index is 5330. The average Bonchev–Trinajstić information content (AvgIpc) is 0.712. The van der Waals surface area contributed by atoms with Crippen molar-refractivity contribution in [2.45, 2.75) is 27.7 Å². The zero-order valence-corrected chi connectivity index (χ0v) is 42.8. The van der Waals surface area contributed by atoms with Gasteiger partial charge in [0, 0.05) is 32.7 Å². The van der Waals surface area contributed by atoms with Crippen LogP contribution in [0.5, 0.6) is 0 Å². The maximum atomic E-state index is 9.55. The maximum absolute atomic E-state index is 9.55. The van der Waals surface area contributed by atoms with Crippen LogP contribution in [0.3, 0.4) is 0 Å². The van der Waals surface area contributed by atoms with Crippen molar-refractivity contribution in [3.63, 3.8) is 0 Å². The van der Waals surface area contributed by atoms with E-state index in [2.05, 4.69) is 0 Å². The number of rotatable bonds is 10. The van der Waals surface area contributed by atoms with E-state index in [4.69, 9.17) is 21.9 Å². The summed E-state index contributed by atoms with van der Waals surface area (Å²) in [6, 6.07) is 34.6. The predicted octanol–water partition coefficient (Wildman–Crippen LogP) is 21.7. The van der Waals surface area contributed by atoms with Gasteiger partial charge in [0.05, 0.1) is 61.5 Å². The van der Waals surface area contributed by atoms with Crippen LogP contribution in [-0.4, -0.2) is 0 Å². The molecule has 0 heterocycles. The van der Waals surface area contributed by atoms with Crippen LogP contribution in [0.2, 0.25) is 0 Å². The predicted molar refractivity (Wildman–Crippen MR) is 335 cm³/mol. The van der Waals surface area contributed by atoms with Crippen LogP contribution in [0.1, 0.15) is 49.7 Å². The summed E-state index contributed by atoms with van der Waals surface area (Å²) < 4.78 is 180. The van der Waals surface area contributed by atoms with Crippen molar-refractivity contribution < 1.29 is 27.4 Å². The molecule has 0 saturated heterocycles. The topological polar surface area (TPSA) is 6.48 Å². The number of anilines is 6. The summed E-state index contributed by atoms with van der Waals surface area (Å²) in [5.41, 5.74) is 6.96. The summed E-state index contributed by atoms with van der Waals surface area (Å²) >= 11 is 0. The smallest absolute Gasteiger partial charge is 0.0629 e. The molecule has 14 aromatic carbocycles. The first-order valence-corrected chi connectivity index (χ1v) is 25.5. The number of aryl methyl sites for hydroxylation is 4. The second-order valence-electron chi connectivity index (χ2n) is 19.5. The molecule has 370 valence electrons. The van der Waals surface area contributed by atoms with Gasteiger partial charge in [0.2, 0.25) is 0 Å². The third-order valence-corrected chi connectivity index (χ3v) is 15.0. The van der Waals surface area contributed by atoms with Crippen LogP contribution < -0.4 is 9.80 Å². The van der Waals surface area contributed by atoms with Crippen molar-refractivity contribution in [2.75, 3.05) is 9.80 Å². The van der Waals surface area contributed by atoms with E-state index in [1.165, 1.54) is 0 Å². The van der Waals surface area contributed by atoms with Crippen LogP contribution in [-0.2, 0) is 0 Å². The Hall–Kier alpha value is -9.76. The Balaban J connectivity index is 1.13. The van der Waals surface area contributed by atoms with Crippen LogP contribution >= 0.6 is 0 Å². The first-order chi connectivity index (χ1) is 46.7. The quantitative estimate of drug-likeness (QED) is 0.126. The second-order valence-corrected chi connectivity index (χ2v) is 19.5. The monoisotopic (exact) mass is 1020 g/mol. The van der Waals surface area contributed by atoms with Crippen molar-refractivity contribution in [1.82, 2.24) is 0 Å². The minimum atomic E-state index is -0.590. The molecule has 0 amide bonds. The van der Waals surface area contributed by atoms with Crippen LogP contribution in [0.25, 0.3) is 98.4 Å². The third kappa shape index (κ3) is 7.79. The van der Waals surface area contributed by atoms with Gasteiger partial charge in [-0.05, 0) is 140 Å². The van der Waals surface area contributed by atoms with Gasteiger partial charge in [-0.2, -0.15) is 0 Å². The molecule has 14 aromatic rings. The van der Waals surface area contributed by atoms with Gasteiger partial charge in [-0.3, -0.25) is 0 Å². The van der Waals surface area contributed by atoms with E-state index >= 15 is 0 Å². The Kier molecular flexibility index (Phi) is 7.38. The van der Waals surface area contributed by atoms with E-state index in [9.17, 15) is 5.48 Å². The molecule has 78 heavy (non-hydrogen) atoms. The highest BCUT2D eigenvalue weighted by Crippen LogP contribution is 2.54. The molecular formula is C76H56N2. The van der Waals surface area contributed by atoms with Crippen molar-refractivity contribution >= 4 is 88.0 Å². The van der Waals surface area contributed by atoms with E-state index in [1.807, 2.05) is 122 Å². The van der Waals surface area contributed by atoms with Gasteiger partial charge in [-0.25, -0.2) is 0 Å². The fourth-order valence-corrected chi connectivity index (χ4v) is 11.5. The SMILES string of the molecule is [2H]c1c([2H])c([2H])c(-c2ccc3ccc(-c4c([2H])c([2H])c([2H])c([2H])c4[2H])c(N(c4c(C)cccc4C)c4ccc5ccc6c(N(c7c(C)cccc7C)c7c(-c8c([2H])c([2H])c([2H])c([2H])c8[2H])ccc8ccc(-c9c([2H])c([2H])c([2H])c([2H])c9[2H])cc78)ccc7ccc4c5c76)c3c2)c([2H])c1[2H]. The van der Waals surface area contributed by atoms with E-state index in [1.54, 1.807) is 60.7 Å². The molecule has 14 rings (SSSR count). The Morgan fingerprint density at radius 2 is 0.590 bits per heavy atom. The molecule has 0 atom stereocenters. The number of hydrogen-bond acceptors (Lipinski definition) is 2. The van der Waals surface area contributed by atoms with E-state index < -0.39 is 121 Å². The van der Waals surface area contributed by atoms with Crippen LogP contribution in [0, 0.1) is 27.7 Å². The molecule has 0 aliphatic heterocycles. The van der Waals surface area contributed by atoms with Gasteiger partial charge >= 0.3 is 0 Å². The molecule has 0 bridgehead atoms. The van der Waals surface area contributed by atoms with Gasteiger partial charge in [-0.15, -0.1) is 0 Å². The molecule has 0 fully saturated rings. The summed E-state index contributed by atoms with van der Waals surface area (Å²) in [5, 5.41) is 6.64. The van der Waals surface area contributed by atoms with Crippen molar-refractivity contribution in [2.24, 2.45) is 0 Å². The molecular weight excluding hydrogens is 941 g/mol. The van der Waals surface area contributed by atoms with Gasteiger partial charge in [0.1, 0.15) is 0 Å². The highest BCUT2D eigenvalue weighted by Gasteiger charge is 2.29. The van der Waals surface area contributed by atoms with Crippen LogP contribution in [0.4, 0.5) is 34.1 Å². The van der Waals surface area contributed by atoms with Gasteiger partial charge < -0.3 is 9.80 Å². The lowest BCUT2D eigenvalue weighted by molar-refractivity contribution is 1.23. The fourth-order valence-electron chi connectivity index (χ4n) is 11.5. The molecule has 0 unspecified atom stereocenters. The molecule has 0 saturated carbocycles. The average molecular weight is 1020 g/mol. The highest BCUT2D eigenvalue weighted by molar-refractivity contribution is 6.29. The highest BCUT2D eigenvalue weighted by atomic mass is 15.2. The van der Waals surface area contributed by atoms with Crippen molar-refractivity contribution in [3.8, 4) is 44.5 Å². The Labute approximate surface area is 484 Å². The first kappa shape index (κ1) is 30.1. The number of fused-ring (bicyclic) bond motifs is 2. The number of nitrogens with zero attached hydrogens (tertiary/aromatic N) is 2. The molecule has 2 nitrogen and oxygen atoms in total. The van der Waals surface area contributed by atoms with E-state index in [0.717, 1.165) is 43.8 Å². The van der Waals surface area contributed by atoms with E-state index in [0.29, 0.717) is 66.4 Å². The molecule has 0 spiro atoms. The summed E-state index contributed by atoms with van der Waals surface area (Å²) in [4.78, 5) is 4.06. The zero-order chi connectivity index (χ0) is 69.8. The van der Waals surface area contributed by atoms with Gasteiger partial charge in [0.15, 0.2) is 0 Å². The normalized spacial score (nSPS) is 15.2. The lowest BCUT2D eigenvalue weighted by Crippen LogP contribution is -2.16. The lowest BCUT2D eigenvalue weighted by atomic mass is 9.89. The molecule has 0 radical (unpaired) electrons. The maximum Gasteiger partial charge on any atom is 0.0629 e. The standard InChI is InChI=1S/C76H56N2/c1-49-19-17-20-50(2)73(49)77(75-63(55-27-13-7-14-28-55)41-35-57-31-33-61(47-67(57)75)53-23-9-5-10-24-53)69-45-39-59-38-44-66-70(46-40-60-37-43-65(69)71(59)72(60)66)78(74-51(3)21-18-22-52(74)4)76-64(56-29-15-8-16-30-56)42-36-58-32-34-62(48-68(58)76)54-25-11-6-12-26-54/h5-48H,1-4H3/i5D,6D,7D,8D,9D,10D,11D,12D,13D,14D,15D,16D,23D,24D,25D,26D,27D,28D,29D,30D. The molecule has 0 aromatic heterocycles. The Morgan fingerprint density at radius 3 is 0.962 bits per heavy atom. The lowest BCUT2D eigenvalue weighted by Gasteiger charge is -2.34. The van der Waals surface area contributed by atoms with Gasteiger partial charge in [0.25, 0.3) is 0 Å². The third-order valence-electron chi connectivity index (χ3n) is 15.0. The second kappa shape index (κ2) is 19.1. The van der Waals surface area contributed by atoms with Crippen LogP contribution in [0.15, 0.2) is 266 Å². The molecule has 0 aliphatic carbocycles. The summed E-state index contributed by atoms with van der Waals surface area (Å²) in [7, 11) is 0. The fraction of sp³-hybridized carbons (Fsp3) is 0.0526. The number of para-hydroxylation sites is 2. The molecule has 0 N–H and O–H groups in total. The molecule has 2 heteroatoms. The Morgan fingerprint density at radius 1 is 0.269 bits per heavy atom.